The van der Waals surface area contributed by atoms with E-state index in [0.717, 1.165) is 29.7 Å². The summed E-state index contributed by atoms with van der Waals surface area (Å²) in [7, 11) is 0. The van der Waals surface area contributed by atoms with Gasteiger partial charge in [0.05, 0.1) is 4.47 Å². The lowest BCUT2D eigenvalue weighted by molar-refractivity contribution is 0.571. The summed E-state index contributed by atoms with van der Waals surface area (Å²) >= 11 is 9.05. The molecule has 98 valence electrons. The second-order valence-corrected chi connectivity index (χ2v) is 6.08. The average Bonchev–Trinajstić information content (AvgIpc) is 2.72. The minimum atomic E-state index is 0.0159. The molecule has 0 aliphatic rings. The van der Waals surface area contributed by atoms with Crippen molar-refractivity contribution < 1.29 is 4.42 Å². The van der Waals surface area contributed by atoms with Crippen LogP contribution in [-0.2, 0) is 0 Å². The van der Waals surface area contributed by atoms with E-state index in [0.29, 0.717) is 16.2 Å². The summed E-state index contributed by atoms with van der Waals surface area (Å²) in [5.41, 5.74) is 0.657. The van der Waals surface area contributed by atoms with Crippen molar-refractivity contribution in [1.82, 2.24) is 0 Å². The molecule has 0 saturated carbocycles. The second-order valence-electron chi connectivity index (χ2n) is 3.90. The van der Waals surface area contributed by atoms with E-state index in [-0.39, 0.29) is 5.43 Å². The van der Waals surface area contributed by atoms with Crippen molar-refractivity contribution in [2.75, 3.05) is 23.7 Å². The Morgan fingerprint density at radius 1 is 1.50 bits per heavy atom. The van der Waals surface area contributed by atoms with Gasteiger partial charge in [0.15, 0.2) is 11.5 Å². The Bertz CT molecular complexity index is 587. The highest BCUT2D eigenvalue weighted by Crippen LogP contribution is 2.30. The quantitative estimate of drug-likeness (QED) is 0.836. The first kappa shape index (κ1) is 14.0. The molecular formula is C12H14BrNO2S2. The molecular weight excluding hydrogens is 334 g/mol. The third-order valence-electron chi connectivity index (χ3n) is 2.56. The van der Waals surface area contributed by atoms with E-state index in [1.807, 2.05) is 5.38 Å². The molecule has 2 aromatic heterocycles. The first-order chi connectivity index (χ1) is 8.67. The Hall–Kier alpha value is -0.460. The molecule has 0 aliphatic heterocycles. The van der Waals surface area contributed by atoms with Gasteiger partial charge in [-0.1, -0.05) is 6.92 Å². The highest BCUT2D eigenvalue weighted by Gasteiger charge is 2.14. The molecule has 0 bridgehead atoms. The first-order valence-corrected chi connectivity index (χ1v) is 8.04. The van der Waals surface area contributed by atoms with Gasteiger partial charge in [-0.05, 0) is 22.4 Å². The lowest BCUT2D eigenvalue weighted by Gasteiger charge is -2.21. The second kappa shape index (κ2) is 6.12. The predicted molar refractivity (Wildman–Crippen MR) is 84.4 cm³/mol. The van der Waals surface area contributed by atoms with Gasteiger partial charge in [-0.15, -0.1) is 11.3 Å². The molecule has 0 N–H and O–H groups in total. The first-order valence-electron chi connectivity index (χ1n) is 5.74. The van der Waals surface area contributed by atoms with Crippen LogP contribution in [0.25, 0.3) is 10.3 Å². The number of hydrogen-bond acceptors (Lipinski definition) is 5. The maximum Gasteiger partial charge on any atom is 0.204 e. The van der Waals surface area contributed by atoms with Crippen molar-refractivity contribution in [2.45, 2.75) is 13.3 Å². The topological polar surface area (TPSA) is 33.5 Å². The fourth-order valence-corrected chi connectivity index (χ4v) is 3.48. The maximum absolute atomic E-state index is 12.0. The van der Waals surface area contributed by atoms with E-state index in [1.54, 1.807) is 6.07 Å². The summed E-state index contributed by atoms with van der Waals surface area (Å²) in [4.78, 5) is 14.1. The van der Waals surface area contributed by atoms with Gasteiger partial charge in [-0.2, -0.15) is 12.6 Å². The highest BCUT2D eigenvalue weighted by molar-refractivity contribution is 9.10. The number of thiol groups is 1. The van der Waals surface area contributed by atoms with Crippen LogP contribution in [0, 0.1) is 0 Å². The van der Waals surface area contributed by atoms with Crippen LogP contribution in [0.3, 0.4) is 0 Å². The molecule has 6 heteroatoms. The Morgan fingerprint density at radius 3 is 2.94 bits per heavy atom. The molecule has 0 aromatic carbocycles. The molecule has 0 spiro atoms. The molecule has 0 saturated heterocycles. The van der Waals surface area contributed by atoms with Gasteiger partial charge in [0, 0.05) is 30.3 Å². The van der Waals surface area contributed by atoms with Crippen molar-refractivity contribution in [3.8, 4) is 0 Å². The van der Waals surface area contributed by atoms with Crippen molar-refractivity contribution >= 4 is 56.1 Å². The summed E-state index contributed by atoms with van der Waals surface area (Å²) in [6, 6.07) is 1.57. The van der Waals surface area contributed by atoms with Gasteiger partial charge >= 0.3 is 0 Å². The van der Waals surface area contributed by atoms with Crippen molar-refractivity contribution in [2.24, 2.45) is 0 Å². The van der Waals surface area contributed by atoms with Gasteiger partial charge in [0.25, 0.3) is 0 Å². The van der Waals surface area contributed by atoms with E-state index >= 15 is 0 Å². The number of halogens is 1. The molecule has 0 atom stereocenters. The average molecular weight is 348 g/mol. The van der Waals surface area contributed by atoms with Crippen LogP contribution in [0.4, 0.5) is 5.88 Å². The van der Waals surface area contributed by atoms with E-state index in [9.17, 15) is 4.79 Å². The summed E-state index contributed by atoms with van der Waals surface area (Å²) in [6.07, 6.45) is 1.00. The summed E-state index contributed by atoms with van der Waals surface area (Å²) in [6.45, 7) is 3.73. The van der Waals surface area contributed by atoms with Crippen LogP contribution in [0.1, 0.15) is 13.3 Å². The molecule has 2 aromatic rings. The summed E-state index contributed by atoms with van der Waals surface area (Å²) < 4.78 is 7.33. The fraction of sp³-hybridized carbons (Fsp3) is 0.417. The van der Waals surface area contributed by atoms with E-state index in [2.05, 4.69) is 40.4 Å². The number of fused-ring (bicyclic) bond motifs is 1. The lowest BCUT2D eigenvalue weighted by atomic mass is 10.3. The van der Waals surface area contributed by atoms with Crippen LogP contribution in [0.5, 0.6) is 0 Å². The Balaban J connectivity index is 2.49. The highest BCUT2D eigenvalue weighted by atomic mass is 79.9. The SMILES string of the molecule is CCCN(CCS)c1cc(=O)c2scc(Br)c2o1. The smallest absolute Gasteiger partial charge is 0.204 e. The van der Waals surface area contributed by atoms with Gasteiger partial charge in [-0.25, -0.2) is 0 Å². The largest absolute Gasteiger partial charge is 0.438 e. The maximum atomic E-state index is 12.0. The van der Waals surface area contributed by atoms with Gasteiger partial charge in [-0.3, -0.25) is 4.79 Å². The number of anilines is 1. The van der Waals surface area contributed by atoms with Crippen LogP contribution in [0.15, 0.2) is 25.1 Å². The number of thiophene rings is 1. The van der Waals surface area contributed by atoms with Gasteiger partial charge in [0.2, 0.25) is 5.43 Å². The lowest BCUT2D eigenvalue weighted by Crippen LogP contribution is -2.27. The molecule has 18 heavy (non-hydrogen) atoms. The minimum Gasteiger partial charge on any atom is -0.438 e. The number of rotatable bonds is 5. The fourth-order valence-electron chi connectivity index (χ4n) is 1.78. The minimum absolute atomic E-state index is 0.0159. The van der Waals surface area contributed by atoms with Crippen LogP contribution < -0.4 is 10.3 Å². The Morgan fingerprint density at radius 2 is 2.28 bits per heavy atom. The Kier molecular flexibility index (Phi) is 4.75. The zero-order valence-corrected chi connectivity index (χ0v) is 13.3. The van der Waals surface area contributed by atoms with Crippen molar-refractivity contribution in [1.29, 1.82) is 0 Å². The molecule has 0 fully saturated rings. The van der Waals surface area contributed by atoms with Crippen LogP contribution in [-0.4, -0.2) is 18.8 Å². The van der Waals surface area contributed by atoms with E-state index in [1.165, 1.54) is 11.3 Å². The monoisotopic (exact) mass is 347 g/mol. The zero-order chi connectivity index (χ0) is 13.1. The summed E-state index contributed by atoms with van der Waals surface area (Å²) in [5, 5.41) is 1.88. The van der Waals surface area contributed by atoms with Crippen molar-refractivity contribution in [3.05, 3.63) is 26.1 Å². The molecule has 2 rings (SSSR count). The standard InChI is InChI=1S/C12H14BrNO2S2/c1-2-3-14(4-5-17)10-6-9(15)12-11(16-10)8(13)7-18-12/h6-7,17H,2-5H2,1H3. The van der Waals surface area contributed by atoms with Gasteiger partial charge in [0.1, 0.15) is 4.70 Å². The molecule has 0 aliphatic carbocycles. The normalized spacial score (nSPS) is 11.1. The van der Waals surface area contributed by atoms with E-state index in [4.69, 9.17) is 4.42 Å². The predicted octanol–water partition coefficient (Wildman–Crippen LogP) is 3.76. The number of nitrogens with zero attached hydrogens (tertiary/aromatic N) is 1. The van der Waals surface area contributed by atoms with E-state index < -0.39 is 0 Å². The van der Waals surface area contributed by atoms with Crippen LogP contribution in [0.2, 0.25) is 0 Å². The van der Waals surface area contributed by atoms with Crippen molar-refractivity contribution in [3.63, 3.8) is 0 Å². The zero-order valence-electron chi connectivity index (χ0n) is 9.98. The number of hydrogen-bond donors (Lipinski definition) is 1. The third kappa shape index (κ3) is 2.75. The third-order valence-corrected chi connectivity index (χ3v) is 4.63. The molecule has 0 radical (unpaired) electrons. The summed E-state index contributed by atoms with van der Waals surface area (Å²) in [5.74, 6) is 1.36. The van der Waals surface area contributed by atoms with Crippen LogP contribution >= 0.6 is 39.9 Å². The molecule has 3 nitrogen and oxygen atoms in total. The molecule has 0 unspecified atom stereocenters. The Labute approximate surface area is 123 Å². The molecule has 0 amide bonds. The molecule has 2 heterocycles. The van der Waals surface area contributed by atoms with Gasteiger partial charge < -0.3 is 9.32 Å².